The standard InChI is InChI=1S/C14H19N5O/c1-4-16-13-8-15-6-5-12(13)14(20)18-11-7-17-19(9-11)10(2)3/h5-10,16H,4H2,1-3H3,(H,18,20). The number of aromatic nitrogens is 3. The summed E-state index contributed by atoms with van der Waals surface area (Å²) in [4.78, 5) is 16.3. The number of nitrogens with one attached hydrogen (secondary N) is 2. The molecule has 2 aromatic heterocycles. The first-order chi connectivity index (χ1) is 9.61. The minimum absolute atomic E-state index is 0.174. The number of anilines is 2. The lowest BCUT2D eigenvalue weighted by atomic mass is 10.2. The third-order valence-electron chi connectivity index (χ3n) is 2.82. The van der Waals surface area contributed by atoms with Crippen LogP contribution in [-0.4, -0.2) is 27.2 Å². The van der Waals surface area contributed by atoms with Gasteiger partial charge in [0.25, 0.3) is 5.91 Å². The third kappa shape index (κ3) is 3.14. The van der Waals surface area contributed by atoms with Gasteiger partial charge < -0.3 is 10.6 Å². The van der Waals surface area contributed by atoms with Crippen molar-refractivity contribution in [2.75, 3.05) is 17.2 Å². The number of amides is 1. The van der Waals surface area contributed by atoms with Crippen LogP contribution in [-0.2, 0) is 0 Å². The van der Waals surface area contributed by atoms with Gasteiger partial charge in [0, 0.05) is 25.0 Å². The maximum absolute atomic E-state index is 12.3. The molecule has 0 aliphatic rings. The molecule has 0 saturated heterocycles. The topological polar surface area (TPSA) is 71.8 Å². The SMILES string of the molecule is CCNc1cnccc1C(=O)Nc1cnn(C(C)C)c1. The molecular weight excluding hydrogens is 254 g/mol. The van der Waals surface area contributed by atoms with Crippen LogP contribution in [0.5, 0.6) is 0 Å². The quantitative estimate of drug-likeness (QED) is 0.878. The van der Waals surface area contributed by atoms with Gasteiger partial charge in [-0.1, -0.05) is 0 Å². The zero-order valence-corrected chi connectivity index (χ0v) is 11.9. The van der Waals surface area contributed by atoms with Gasteiger partial charge in [-0.2, -0.15) is 5.10 Å². The van der Waals surface area contributed by atoms with E-state index >= 15 is 0 Å². The van der Waals surface area contributed by atoms with Gasteiger partial charge in [-0.15, -0.1) is 0 Å². The van der Waals surface area contributed by atoms with Gasteiger partial charge in [0.15, 0.2) is 0 Å². The average Bonchev–Trinajstić information content (AvgIpc) is 2.88. The van der Waals surface area contributed by atoms with Crippen molar-refractivity contribution >= 4 is 17.3 Å². The molecule has 6 heteroatoms. The minimum Gasteiger partial charge on any atom is -0.383 e. The van der Waals surface area contributed by atoms with Crippen LogP contribution in [0.2, 0.25) is 0 Å². The second-order valence-electron chi connectivity index (χ2n) is 4.71. The fraction of sp³-hybridized carbons (Fsp3) is 0.357. The lowest BCUT2D eigenvalue weighted by Crippen LogP contribution is -2.14. The summed E-state index contributed by atoms with van der Waals surface area (Å²) < 4.78 is 1.80. The Kier molecular flexibility index (Phi) is 4.34. The van der Waals surface area contributed by atoms with Crippen LogP contribution in [0.3, 0.4) is 0 Å². The predicted octanol–water partition coefficient (Wildman–Crippen LogP) is 2.54. The normalized spacial score (nSPS) is 10.6. The summed E-state index contributed by atoms with van der Waals surface area (Å²) in [7, 11) is 0. The molecule has 20 heavy (non-hydrogen) atoms. The molecule has 2 aromatic rings. The van der Waals surface area contributed by atoms with Gasteiger partial charge in [-0.25, -0.2) is 0 Å². The van der Waals surface area contributed by atoms with Crippen molar-refractivity contribution < 1.29 is 4.79 Å². The molecule has 2 N–H and O–H groups in total. The Bertz CT molecular complexity index is 591. The molecule has 0 unspecified atom stereocenters. The molecule has 106 valence electrons. The fourth-order valence-electron chi connectivity index (χ4n) is 1.81. The molecule has 0 fully saturated rings. The fourth-order valence-corrected chi connectivity index (χ4v) is 1.81. The molecule has 2 heterocycles. The summed E-state index contributed by atoms with van der Waals surface area (Å²) in [6.07, 6.45) is 6.71. The van der Waals surface area contributed by atoms with Gasteiger partial charge in [-0.3, -0.25) is 14.5 Å². The van der Waals surface area contributed by atoms with Crippen LogP contribution in [0.1, 0.15) is 37.2 Å². The molecule has 0 saturated carbocycles. The monoisotopic (exact) mass is 273 g/mol. The van der Waals surface area contributed by atoms with Crippen molar-refractivity contribution in [3.8, 4) is 0 Å². The van der Waals surface area contributed by atoms with Gasteiger partial charge in [0.1, 0.15) is 0 Å². The molecule has 1 amide bonds. The lowest BCUT2D eigenvalue weighted by Gasteiger charge is -2.09. The zero-order chi connectivity index (χ0) is 14.5. The summed E-state index contributed by atoms with van der Waals surface area (Å²) in [5.74, 6) is -0.174. The van der Waals surface area contributed by atoms with E-state index in [1.165, 1.54) is 0 Å². The number of carbonyl (C=O) groups is 1. The van der Waals surface area contributed by atoms with Crippen LogP contribution in [0.25, 0.3) is 0 Å². The maximum atomic E-state index is 12.3. The average molecular weight is 273 g/mol. The number of carbonyl (C=O) groups excluding carboxylic acids is 1. The highest BCUT2D eigenvalue weighted by Gasteiger charge is 2.12. The predicted molar refractivity (Wildman–Crippen MR) is 79.0 cm³/mol. The highest BCUT2D eigenvalue weighted by atomic mass is 16.1. The van der Waals surface area contributed by atoms with Crippen LogP contribution in [0.15, 0.2) is 30.9 Å². The Morgan fingerprint density at radius 2 is 2.20 bits per heavy atom. The zero-order valence-electron chi connectivity index (χ0n) is 11.9. The van der Waals surface area contributed by atoms with Crippen LogP contribution < -0.4 is 10.6 Å². The van der Waals surface area contributed by atoms with E-state index in [0.717, 1.165) is 12.2 Å². The van der Waals surface area contributed by atoms with E-state index in [1.807, 2.05) is 27.0 Å². The van der Waals surface area contributed by atoms with Crippen molar-refractivity contribution in [1.82, 2.24) is 14.8 Å². The van der Waals surface area contributed by atoms with E-state index in [1.54, 1.807) is 29.3 Å². The van der Waals surface area contributed by atoms with E-state index in [2.05, 4.69) is 20.7 Å². The largest absolute Gasteiger partial charge is 0.383 e. The second kappa shape index (κ2) is 6.18. The summed E-state index contributed by atoms with van der Waals surface area (Å²) in [6.45, 7) is 6.77. The van der Waals surface area contributed by atoms with Crippen molar-refractivity contribution in [3.63, 3.8) is 0 Å². The van der Waals surface area contributed by atoms with Crippen LogP contribution >= 0.6 is 0 Å². The Labute approximate surface area is 118 Å². The van der Waals surface area contributed by atoms with Gasteiger partial charge >= 0.3 is 0 Å². The number of nitrogens with zero attached hydrogens (tertiary/aromatic N) is 3. The Hall–Kier alpha value is -2.37. The first-order valence-corrected chi connectivity index (χ1v) is 6.65. The van der Waals surface area contributed by atoms with Gasteiger partial charge in [0.05, 0.1) is 29.3 Å². The number of hydrogen-bond donors (Lipinski definition) is 2. The molecule has 0 bridgehead atoms. The molecule has 0 aromatic carbocycles. The van der Waals surface area contributed by atoms with Crippen molar-refractivity contribution in [1.29, 1.82) is 0 Å². The lowest BCUT2D eigenvalue weighted by molar-refractivity contribution is 0.102. The molecule has 0 radical (unpaired) electrons. The van der Waals surface area contributed by atoms with Crippen LogP contribution in [0, 0.1) is 0 Å². The first kappa shape index (κ1) is 14.0. The van der Waals surface area contributed by atoms with E-state index in [9.17, 15) is 4.79 Å². The highest BCUT2D eigenvalue weighted by Crippen LogP contribution is 2.16. The molecule has 0 aliphatic carbocycles. The summed E-state index contributed by atoms with van der Waals surface area (Å²) in [5, 5.41) is 10.2. The maximum Gasteiger partial charge on any atom is 0.257 e. The number of hydrogen-bond acceptors (Lipinski definition) is 4. The molecule has 6 nitrogen and oxygen atoms in total. The highest BCUT2D eigenvalue weighted by molar-refractivity contribution is 6.07. The molecule has 0 spiro atoms. The Morgan fingerprint density at radius 3 is 2.85 bits per heavy atom. The van der Waals surface area contributed by atoms with Gasteiger partial charge in [-0.05, 0) is 26.8 Å². The Balaban J connectivity index is 2.15. The van der Waals surface area contributed by atoms with E-state index in [4.69, 9.17) is 0 Å². The van der Waals surface area contributed by atoms with E-state index < -0.39 is 0 Å². The summed E-state index contributed by atoms with van der Waals surface area (Å²) >= 11 is 0. The van der Waals surface area contributed by atoms with E-state index in [-0.39, 0.29) is 11.9 Å². The third-order valence-corrected chi connectivity index (χ3v) is 2.82. The smallest absolute Gasteiger partial charge is 0.257 e. The summed E-state index contributed by atoms with van der Waals surface area (Å²) in [6, 6.07) is 1.96. The minimum atomic E-state index is -0.174. The first-order valence-electron chi connectivity index (χ1n) is 6.65. The molecule has 0 aliphatic heterocycles. The molecule has 2 rings (SSSR count). The number of pyridine rings is 1. The molecular formula is C14H19N5O. The molecule has 0 atom stereocenters. The number of rotatable bonds is 5. The van der Waals surface area contributed by atoms with Crippen molar-refractivity contribution in [2.45, 2.75) is 26.8 Å². The van der Waals surface area contributed by atoms with Crippen molar-refractivity contribution in [2.24, 2.45) is 0 Å². The van der Waals surface area contributed by atoms with Crippen LogP contribution in [0.4, 0.5) is 11.4 Å². The Morgan fingerprint density at radius 1 is 1.40 bits per heavy atom. The van der Waals surface area contributed by atoms with E-state index in [0.29, 0.717) is 11.3 Å². The second-order valence-corrected chi connectivity index (χ2v) is 4.71. The van der Waals surface area contributed by atoms with Crippen molar-refractivity contribution in [3.05, 3.63) is 36.4 Å². The van der Waals surface area contributed by atoms with Gasteiger partial charge in [0.2, 0.25) is 0 Å². The summed E-state index contributed by atoms with van der Waals surface area (Å²) in [5.41, 5.74) is 1.98.